The maximum atomic E-state index is 12.9. The van der Waals surface area contributed by atoms with E-state index in [9.17, 15) is 4.79 Å². The molecule has 1 saturated carbocycles. The van der Waals surface area contributed by atoms with E-state index in [1.807, 2.05) is 52.0 Å². The number of benzene rings is 3. The molecule has 1 fully saturated rings. The highest BCUT2D eigenvalue weighted by Crippen LogP contribution is 2.41. The van der Waals surface area contributed by atoms with Gasteiger partial charge in [-0.2, -0.15) is 0 Å². The third-order valence-corrected chi connectivity index (χ3v) is 7.08. The molecule has 0 amide bonds. The normalized spacial score (nSPS) is 16.3. The number of fused-ring (bicyclic) bond motifs is 1. The van der Waals surface area contributed by atoms with Crippen LogP contribution in [0.4, 0.5) is 0 Å². The van der Waals surface area contributed by atoms with Gasteiger partial charge in [-0.15, -0.1) is 0 Å². The van der Waals surface area contributed by atoms with Crippen molar-refractivity contribution in [2.45, 2.75) is 84.0 Å². The summed E-state index contributed by atoms with van der Waals surface area (Å²) >= 11 is 6.23. The third-order valence-electron chi connectivity index (χ3n) is 6.83. The van der Waals surface area contributed by atoms with Crippen molar-refractivity contribution >= 4 is 28.2 Å². The Labute approximate surface area is 220 Å². The molecule has 3 nitrogen and oxygen atoms in total. The number of aryl methyl sites for hydroxylation is 1. The number of hydrogen-bond donors (Lipinski definition) is 1. The van der Waals surface area contributed by atoms with Gasteiger partial charge in [-0.1, -0.05) is 67.0 Å². The molecular weight excluding hydrogens is 466 g/mol. The van der Waals surface area contributed by atoms with Gasteiger partial charge in [-0.05, 0) is 105 Å². The summed E-state index contributed by atoms with van der Waals surface area (Å²) < 4.78 is 6.35. The molecule has 0 spiro atoms. The van der Waals surface area contributed by atoms with Crippen molar-refractivity contribution in [2.24, 2.45) is 5.73 Å². The fourth-order valence-corrected chi connectivity index (χ4v) is 5.22. The molecule has 0 heterocycles. The second-order valence-electron chi connectivity index (χ2n) is 11.1. The van der Waals surface area contributed by atoms with E-state index in [0.29, 0.717) is 5.02 Å². The van der Waals surface area contributed by atoms with Crippen molar-refractivity contribution in [3.63, 3.8) is 0 Å². The lowest BCUT2D eigenvalue weighted by molar-refractivity contribution is -0.138. The van der Waals surface area contributed by atoms with Crippen LogP contribution in [0.2, 0.25) is 5.02 Å². The number of carbonyl (C=O) groups is 1. The summed E-state index contributed by atoms with van der Waals surface area (Å²) in [5.74, 6) is 6.71. The molecule has 0 aliphatic heterocycles. The Morgan fingerprint density at radius 1 is 1.06 bits per heavy atom. The molecule has 0 saturated heterocycles. The Kier molecular flexibility index (Phi) is 7.62. The molecule has 0 radical (unpaired) electrons. The monoisotopic (exact) mass is 501 g/mol. The number of hydrogen-bond acceptors (Lipinski definition) is 3. The van der Waals surface area contributed by atoms with Gasteiger partial charge in [0.1, 0.15) is 6.10 Å². The number of halogens is 1. The van der Waals surface area contributed by atoms with Gasteiger partial charge in [0.2, 0.25) is 0 Å². The summed E-state index contributed by atoms with van der Waals surface area (Å²) in [4.78, 5) is 12.9. The fraction of sp³-hybridized carbons (Fsp3) is 0.406. The van der Waals surface area contributed by atoms with E-state index in [0.717, 1.165) is 64.3 Å². The average molecular weight is 502 g/mol. The van der Waals surface area contributed by atoms with Gasteiger partial charge in [0.05, 0.1) is 11.1 Å². The molecule has 4 heteroatoms. The third kappa shape index (κ3) is 6.01. The average Bonchev–Trinajstić information content (AvgIpc) is 2.81. The van der Waals surface area contributed by atoms with Gasteiger partial charge in [-0.3, -0.25) is 4.79 Å². The molecule has 4 rings (SSSR count). The maximum absolute atomic E-state index is 12.9. The summed E-state index contributed by atoms with van der Waals surface area (Å²) in [6.45, 7) is 9.57. The number of ketones is 1. The molecule has 0 bridgehead atoms. The van der Waals surface area contributed by atoms with Crippen LogP contribution in [-0.2, 0) is 9.53 Å². The van der Waals surface area contributed by atoms with Crippen molar-refractivity contribution < 1.29 is 9.53 Å². The Bertz CT molecular complexity index is 1330. The van der Waals surface area contributed by atoms with Crippen LogP contribution in [0.5, 0.6) is 0 Å². The first-order valence-electron chi connectivity index (χ1n) is 12.8. The summed E-state index contributed by atoms with van der Waals surface area (Å²) in [5.41, 5.74) is 10.5. The van der Waals surface area contributed by atoms with Crippen LogP contribution in [0.25, 0.3) is 21.9 Å². The predicted molar refractivity (Wildman–Crippen MR) is 150 cm³/mol. The lowest BCUT2D eigenvalue weighted by Gasteiger charge is -2.29. The summed E-state index contributed by atoms with van der Waals surface area (Å²) in [6, 6.07) is 16.2. The molecule has 188 valence electrons. The van der Waals surface area contributed by atoms with Crippen LogP contribution < -0.4 is 5.73 Å². The molecule has 3 aromatic rings. The van der Waals surface area contributed by atoms with Crippen molar-refractivity contribution in [3.05, 3.63) is 70.2 Å². The molecule has 1 aliphatic carbocycles. The van der Waals surface area contributed by atoms with E-state index in [1.165, 1.54) is 6.42 Å². The van der Waals surface area contributed by atoms with E-state index in [1.54, 1.807) is 6.92 Å². The minimum atomic E-state index is -0.690. The Balaban J connectivity index is 1.96. The number of carbonyl (C=O) groups excluding carboxylic acids is 1. The molecule has 0 unspecified atom stereocenters. The van der Waals surface area contributed by atoms with Gasteiger partial charge in [0, 0.05) is 10.6 Å². The SMILES string of the molecule is CC(=O)[C@@H](OC(C)(C)C)c1c(C)cc2ccc(C#CC3(N)CCCCC3)cc2c1-c1ccc(Cl)cc1. The van der Waals surface area contributed by atoms with E-state index in [-0.39, 0.29) is 5.78 Å². The van der Waals surface area contributed by atoms with Crippen LogP contribution >= 0.6 is 11.6 Å². The van der Waals surface area contributed by atoms with Crippen molar-refractivity contribution in [3.8, 4) is 23.0 Å². The smallest absolute Gasteiger partial charge is 0.163 e. The Hall–Kier alpha value is -2.64. The number of nitrogens with two attached hydrogens (primary N) is 1. The number of rotatable bonds is 4. The molecular formula is C32H36ClNO2. The van der Waals surface area contributed by atoms with E-state index >= 15 is 0 Å². The number of Topliss-reactive ketones (excluding diaryl/α,β-unsaturated/α-hetero) is 1. The second kappa shape index (κ2) is 10.4. The molecule has 36 heavy (non-hydrogen) atoms. The summed E-state index contributed by atoms with van der Waals surface area (Å²) in [6.07, 6.45) is 4.69. The topological polar surface area (TPSA) is 52.3 Å². The number of ether oxygens (including phenoxy) is 1. The lowest BCUT2D eigenvalue weighted by Crippen LogP contribution is -2.40. The zero-order valence-corrected chi connectivity index (χ0v) is 22.8. The molecule has 1 atom stereocenters. The first-order chi connectivity index (χ1) is 17.0. The highest BCUT2D eigenvalue weighted by molar-refractivity contribution is 6.30. The van der Waals surface area contributed by atoms with Gasteiger partial charge in [-0.25, -0.2) is 0 Å². The molecule has 2 N–H and O–H groups in total. The second-order valence-corrected chi connectivity index (χ2v) is 11.5. The fourth-order valence-electron chi connectivity index (χ4n) is 5.10. The first-order valence-corrected chi connectivity index (χ1v) is 13.2. The van der Waals surface area contributed by atoms with Crippen LogP contribution in [0.3, 0.4) is 0 Å². The van der Waals surface area contributed by atoms with Crippen LogP contribution in [0.1, 0.15) is 82.6 Å². The Morgan fingerprint density at radius 3 is 2.33 bits per heavy atom. The van der Waals surface area contributed by atoms with Gasteiger partial charge >= 0.3 is 0 Å². The van der Waals surface area contributed by atoms with Crippen molar-refractivity contribution in [1.82, 2.24) is 0 Å². The lowest BCUT2D eigenvalue weighted by atomic mass is 9.83. The van der Waals surface area contributed by atoms with Crippen LogP contribution in [-0.4, -0.2) is 16.9 Å². The van der Waals surface area contributed by atoms with E-state index < -0.39 is 17.2 Å². The largest absolute Gasteiger partial charge is 0.360 e. The van der Waals surface area contributed by atoms with Crippen molar-refractivity contribution in [1.29, 1.82) is 0 Å². The quantitative estimate of drug-likeness (QED) is 0.369. The van der Waals surface area contributed by atoms with Crippen LogP contribution in [0, 0.1) is 18.8 Å². The Morgan fingerprint density at radius 2 is 1.72 bits per heavy atom. The standard InChI is InChI=1S/C32H36ClNO2/c1-21-19-25-10-9-23(15-18-32(34)16-7-6-8-17-32)20-27(25)29(24-11-13-26(33)14-12-24)28(21)30(22(2)35)36-31(3,4)5/h9-14,19-20,30H,6-8,16-17,34H2,1-5H3/t30-/m1/s1. The zero-order chi connectivity index (χ0) is 26.1. The highest BCUT2D eigenvalue weighted by atomic mass is 35.5. The predicted octanol–water partition coefficient (Wildman–Crippen LogP) is 7.93. The zero-order valence-electron chi connectivity index (χ0n) is 22.0. The van der Waals surface area contributed by atoms with Gasteiger partial charge in [0.25, 0.3) is 0 Å². The van der Waals surface area contributed by atoms with Gasteiger partial charge < -0.3 is 10.5 Å². The summed E-state index contributed by atoms with van der Waals surface area (Å²) in [7, 11) is 0. The molecule has 3 aromatic carbocycles. The molecule has 0 aromatic heterocycles. The van der Waals surface area contributed by atoms with E-state index in [4.69, 9.17) is 22.1 Å². The maximum Gasteiger partial charge on any atom is 0.163 e. The van der Waals surface area contributed by atoms with Crippen molar-refractivity contribution in [2.75, 3.05) is 0 Å². The summed E-state index contributed by atoms with van der Waals surface area (Å²) in [5, 5.41) is 2.78. The first kappa shape index (κ1) is 26.4. The molecule has 1 aliphatic rings. The minimum absolute atomic E-state index is 0.0269. The minimum Gasteiger partial charge on any atom is -0.360 e. The van der Waals surface area contributed by atoms with E-state index in [2.05, 4.69) is 36.1 Å². The van der Waals surface area contributed by atoms with Crippen LogP contribution in [0.15, 0.2) is 48.5 Å². The highest BCUT2D eigenvalue weighted by Gasteiger charge is 2.29. The van der Waals surface area contributed by atoms with Gasteiger partial charge in [0.15, 0.2) is 5.78 Å².